The van der Waals surface area contributed by atoms with Crippen molar-refractivity contribution in [3.05, 3.63) is 35.6 Å². The van der Waals surface area contributed by atoms with Gasteiger partial charge in [0, 0.05) is 5.41 Å². The van der Waals surface area contributed by atoms with Crippen molar-refractivity contribution in [2.45, 2.75) is 18.3 Å². The van der Waals surface area contributed by atoms with Gasteiger partial charge in [-0.1, -0.05) is 18.2 Å². The van der Waals surface area contributed by atoms with Crippen LogP contribution in [0.5, 0.6) is 0 Å². The predicted molar refractivity (Wildman–Crippen MR) is 69.9 cm³/mol. The fraction of sp³-hybridized carbons (Fsp3) is 0.538. The molecule has 0 aromatic heterocycles. The Morgan fingerprint density at radius 1 is 1.24 bits per heavy atom. The zero-order valence-electron chi connectivity index (χ0n) is 10.0. The molecule has 0 unspecified atom stereocenters. The van der Waals surface area contributed by atoms with Crippen molar-refractivity contribution >= 4 is 11.8 Å². The fourth-order valence-electron chi connectivity index (χ4n) is 1.96. The second-order valence-electron chi connectivity index (χ2n) is 4.17. The highest BCUT2D eigenvalue weighted by Gasteiger charge is 2.32. The Bertz CT molecular complexity index is 340. The van der Waals surface area contributed by atoms with Gasteiger partial charge in [-0.2, -0.15) is 11.8 Å². The zero-order chi connectivity index (χ0) is 12.7. The lowest BCUT2D eigenvalue weighted by Gasteiger charge is -2.30. The molecule has 0 aliphatic heterocycles. The lowest BCUT2D eigenvalue weighted by Crippen LogP contribution is -2.36. The summed E-state index contributed by atoms with van der Waals surface area (Å²) in [6.07, 6.45) is 3.43. The van der Waals surface area contributed by atoms with Crippen LogP contribution in [0.4, 0.5) is 4.39 Å². The van der Waals surface area contributed by atoms with Crippen molar-refractivity contribution < 1.29 is 14.6 Å². The van der Waals surface area contributed by atoms with E-state index in [2.05, 4.69) is 0 Å². The SMILES string of the molecule is CSCCCC(CO)(CO)c1ccccc1F. The van der Waals surface area contributed by atoms with Gasteiger partial charge < -0.3 is 10.2 Å². The summed E-state index contributed by atoms with van der Waals surface area (Å²) in [5, 5.41) is 19.0. The largest absolute Gasteiger partial charge is 0.395 e. The number of hydrogen-bond donors (Lipinski definition) is 2. The van der Waals surface area contributed by atoms with E-state index in [9.17, 15) is 14.6 Å². The van der Waals surface area contributed by atoms with Crippen LogP contribution in [0.3, 0.4) is 0 Å². The van der Waals surface area contributed by atoms with Crippen molar-refractivity contribution in [2.75, 3.05) is 25.2 Å². The van der Waals surface area contributed by atoms with Crippen molar-refractivity contribution in [3.63, 3.8) is 0 Å². The Morgan fingerprint density at radius 2 is 1.88 bits per heavy atom. The van der Waals surface area contributed by atoms with Crippen LogP contribution in [0.25, 0.3) is 0 Å². The number of benzene rings is 1. The molecule has 96 valence electrons. The molecule has 1 aromatic carbocycles. The van der Waals surface area contributed by atoms with Crippen LogP contribution in [-0.4, -0.2) is 35.4 Å². The van der Waals surface area contributed by atoms with E-state index in [0.717, 1.165) is 12.2 Å². The lowest BCUT2D eigenvalue weighted by molar-refractivity contribution is 0.106. The molecule has 0 radical (unpaired) electrons. The molecule has 0 aliphatic rings. The summed E-state index contributed by atoms with van der Waals surface area (Å²) in [7, 11) is 0. The van der Waals surface area contributed by atoms with Crippen LogP contribution in [-0.2, 0) is 5.41 Å². The van der Waals surface area contributed by atoms with Crippen LogP contribution in [0, 0.1) is 5.82 Å². The molecule has 0 bridgehead atoms. The van der Waals surface area contributed by atoms with E-state index < -0.39 is 5.41 Å². The second kappa shape index (κ2) is 6.99. The first-order valence-corrected chi connectivity index (χ1v) is 7.05. The van der Waals surface area contributed by atoms with E-state index in [4.69, 9.17) is 0 Å². The van der Waals surface area contributed by atoms with Crippen LogP contribution >= 0.6 is 11.8 Å². The van der Waals surface area contributed by atoms with Gasteiger partial charge in [0.05, 0.1) is 13.2 Å². The van der Waals surface area contributed by atoms with E-state index >= 15 is 0 Å². The number of rotatable bonds is 7. The minimum absolute atomic E-state index is 0.237. The molecule has 17 heavy (non-hydrogen) atoms. The molecule has 0 atom stereocenters. The Balaban J connectivity index is 2.94. The van der Waals surface area contributed by atoms with Crippen molar-refractivity contribution in [1.29, 1.82) is 0 Å². The van der Waals surface area contributed by atoms with E-state index in [1.54, 1.807) is 30.0 Å². The molecule has 1 rings (SSSR count). The fourth-order valence-corrected chi connectivity index (χ4v) is 2.39. The summed E-state index contributed by atoms with van der Waals surface area (Å²) in [5.41, 5.74) is -0.452. The summed E-state index contributed by atoms with van der Waals surface area (Å²) in [4.78, 5) is 0. The van der Waals surface area contributed by atoms with Gasteiger partial charge in [0.2, 0.25) is 0 Å². The highest BCUT2D eigenvalue weighted by atomic mass is 32.2. The minimum atomic E-state index is -0.860. The van der Waals surface area contributed by atoms with Crippen LogP contribution in [0.15, 0.2) is 24.3 Å². The Hall–Kier alpha value is -0.580. The number of halogens is 1. The van der Waals surface area contributed by atoms with Crippen LogP contribution in [0.2, 0.25) is 0 Å². The molecular formula is C13H19FO2S. The van der Waals surface area contributed by atoms with Gasteiger partial charge in [0.1, 0.15) is 5.82 Å². The number of aliphatic hydroxyl groups excluding tert-OH is 2. The molecule has 2 nitrogen and oxygen atoms in total. The Kier molecular flexibility index (Phi) is 5.95. The van der Waals surface area contributed by atoms with Gasteiger partial charge in [-0.15, -0.1) is 0 Å². The quantitative estimate of drug-likeness (QED) is 0.737. The molecule has 0 heterocycles. The average Bonchev–Trinajstić information content (AvgIpc) is 2.36. The monoisotopic (exact) mass is 258 g/mol. The molecule has 2 N–H and O–H groups in total. The first kappa shape index (κ1) is 14.5. The van der Waals surface area contributed by atoms with Crippen molar-refractivity contribution in [2.24, 2.45) is 0 Å². The molecule has 0 saturated heterocycles. The third-order valence-corrected chi connectivity index (χ3v) is 3.75. The normalized spacial score (nSPS) is 11.8. The van der Waals surface area contributed by atoms with Gasteiger partial charge in [-0.05, 0) is 36.5 Å². The highest BCUT2D eigenvalue weighted by Crippen LogP contribution is 2.31. The topological polar surface area (TPSA) is 40.5 Å². The zero-order valence-corrected chi connectivity index (χ0v) is 10.8. The Morgan fingerprint density at radius 3 is 2.41 bits per heavy atom. The number of aliphatic hydroxyl groups is 2. The maximum absolute atomic E-state index is 13.7. The molecule has 4 heteroatoms. The van der Waals surface area contributed by atoms with Crippen LogP contribution in [0.1, 0.15) is 18.4 Å². The van der Waals surface area contributed by atoms with Gasteiger partial charge in [0.25, 0.3) is 0 Å². The third-order valence-electron chi connectivity index (χ3n) is 3.05. The van der Waals surface area contributed by atoms with E-state index in [1.807, 2.05) is 6.26 Å². The predicted octanol–water partition coefficient (Wildman–Crippen LogP) is 2.19. The van der Waals surface area contributed by atoms with Crippen molar-refractivity contribution in [1.82, 2.24) is 0 Å². The number of hydrogen-bond acceptors (Lipinski definition) is 3. The maximum atomic E-state index is 13.7. The standard InChI is InChI=1S/C13H19FO2S/c1-17-8-4-7-13(9-15,10-16)11-5-2-3-6-12(11)14/h2-3,5-6,15-16H,4,7-10H2,1H3. The summed E-state index contributed by atoms with van der Waals surface area (Å²) >= 11 is 1.71. The maximum Gasteiger partial charge on any atom is 0.127 e. The van der Waals surface area contributed by atoms with Gasteiger partial charge in [0.15, 0.2) is 0 Å². The average molecular weight is 258 g/mol. The summed E-state index contributed by atoms with van der Waals surface area (Å²) in [6.45, 7) is -0.475. The first-order chi connectivity index (χ1) is 8.20. The number of thioether (sulfide) groups is 1. The molecule has 0 fully saturated rings. The lowest BCUT2D eigenvalue weighted by atomic mass is 9.78. The van der Waals surface area contributed by atoms with Gasteiger partial charge in [-0.25, -0.2) is 4.39 Å². The summed E-state index contributed by atoms with van der Waals surface area (Å²) < 4.78 is 13.7. The van der Waals surface area contributed by atoms with E-state index in [-0.39, 0.29) is 19.0 Å². The van der Waals surface area contributed by atoms with Crippen molar-refractivity contribution in [3.8, 4) is 0 Å². The molecular weight excluding hydrogens is 239 g/mol. The van der Waals surface area contributed by atoms with Gasteiger partial charge in [-0.3, -0.25) is 0 Å². The Labute approximate surface area is 106 Å². The summed E-state index contributed by atoms with van der Waals surface area (Å²) in [5.74, 6) is 0.579. The molecule has 0 spiro atoms. The minimum Gasteiger partial charge on any atom is -0.395 e. The van der Waals surface area contributed by atoms with E-state index in [0.29, 0.717) is 12.0 Å². The molecule has 0 saturated carbocycles. The van der Waals surface area contributed by atoms with Gasteiger partial charge >= 0.3 is 0 Å². The summed E-state index contributed by atoms with van der Waals surface area (Å²) in [6, 6.07) is 6.35. The van der Waals surface area contributed by atoms with E-state index in [1.165, 1.54) is 6.07 Å². The second-order valence-corrected chi connectivity index (χ2v) is 5.16. The highest BCUT2D eigenvalue weighted by molar-refractivity contribution is 7.98. The third kappa shape index (κ3) is 3.44. The van der Waals surface area contributed by atoms with Crippen LogP contribution < -0.4 is 0 Å². The molecule has 1 aromatic rings. The first-order valence-electron chi connectivity index (χ1n) is 5.66. The molecule has 0 amide bonds. The molecule has 0 aliphatic carbocycles. The smallest absolute Gasteiger partial charge is 0.127 e.